The summed E-state index contributed by atoms with van der Waals surface area (Å²) in [5, 5.41) is 13.1. The van der Waals surface area contributed by atoms with Crippen LogP contribution in [0.25, 0.3) is 0 Å². The topological polar surface area (TPSA) is 67.3 Å². The Hall–Kier alpha value is -0.880. The zero-order valence-corrected chi connectivity index (χ0v) is 13.8. The van der Waals surface area contributed by atoms with Crippen LogP contribution in [0.5, 0.6) is 6.01 Å². The minimum atomic E-state index is -0.327. The van der Waals surface area contributed by atoms with Crippen molar-refractivity contribution in [1.29, 1.82) is 0 Å². The van der Waals surface area contributed by atoms with Gasteiger partial charge in [-0.05, 0) is 62.4 Å². The number of aromatic nitrogens is 2. The van der Waals surface area contributed by atoms with Crippen LogP contribution < -0.4 is 10.1 Å². The number of anilines is 1. The van der Waals surface area contributed by atoms with Gasteiger partial charge in [-0.1, -0.05) is 0 Å². The summed E-state index contributed by atoms with van der Waals surface area (Å²) in [5.74, 6) is 0.721. The van der Waals surface area contributed by atoms with Crippen LogP contribution in [0.4, 0.5) is 5.82 Å². The first-order valence-electron chi connectivity index (χ1n) is 6.99. The molecule has 2 atom stereocenters. The lowest BCUT2D eigenvalue weighted by Gasteiger charge is -2.27. The third kappa shape index (κ3) is 4.59. The van der Waals surface area contributed by atoms with Gasteiger partial charge in [0.15, 0.2) is 0 Å². The Morgan fingerprint density at radius 2 is 2.15 bits per heavy atom. The molecule has 1 aliphatic carbocycles. The van der Waals surface area contributed by atoms with E-state index in [0.717, 1.165) is 36.0 Å². The van der Waals surface area contributed by atoms with E-state index < -0.39 is 0 Å². The van der Waals surface area contributed by atoms with Crippen molar-refractivity contribution in [3.8, 4) is 6.01 Å². The summed E-state index contributed by atoms with van der Waals surface area (Å²) in [6.07, 6.45) is 5.20. The van der Waals surface area contributed by atoms with E-state index in [0.29, 0.717) is 6.01 Å². The normalized spacial score (nSPS) is 23.4. The molecule has 6 heteroatoms. The highest BCUT2D eigenvalue weighted by Crippen LogP contribution is 2.27. The summed E-state index contributed by atoms with van der Waals surface area (Å²) in [6.45, 7) is 5.88. The second kappa shape index (κ2) is 6.26. The average molecular weight is 344 g/mol. The molecule has 20 heavy (non-hydrogen) atoms. The largest absolute Gasteiger partial charge is 0.458 e. The molecule has 0 spiro atoms. The molecule has 0 saturated heterocycles. The van der Waals surface area contributed by atoms with Crippen LogP contribution in [-0.2, 0) is 0 Å². The molecule has 1 aromatic rings. The van der Waals surface area contributed by atoms with Gasteiger partial charge < -0.3 is 15.2 Å². The van der Waals surface area contributed by atoms with Gasteiger partial charge in [-0.2, -0.15) is 4.98 Å². The number of aliphatic hydroxyl groups is 1. The van der Waals surface area contributed by atoms with E-state index in [1.165, 1.54) is 0 Å². The van der Waals surface area contributed by atoms with Crippen molar-refractivity contribution < 1.29 is 9.84 Å². The Morgan fingerprint density at radius 3 is 2.80 bits per heavy atom. The lowest BCUT2D eigenvalue weighted by Crippen LogP contribution is -2.30. The number of hydrogen-bond donors (Lipinski definition) is 2. The number of nitrogens with zero attached hydrogens (tertiary/aromatic N) is 2. The Morgan fingerprint density at radius 1 is 1.40 bits per heavy atom. The molecular formula is C14H22BrN3O2. The van der Waals surface area contributed by atoms with Crippen molar-refractivity contribution in [1.82, 2.24) is 9.97 Å². The number of halogens is 1. The molecule has 2 N–H and O–H groups in total. The maximum atomic E-state index is 9.73. The molecule has 1 aromatic heterocycles. The third-order valence-electron chi connectivity index (χ3n) is 3.11. The Bertz CT molecular complexity index is 462. The van der Waals surface area contributed by atoms with E-state index in [4.69, 9.17) is 4.74 Å². The van der Waals surface area contributed by atoms with Crippen LogP contribution in [0.15, 0.2) is 10.7 Å². The number of nitrogens with one attached hydrogen (secondary N) is 1. The first-order valence-corrected chi connectivity index (χ1v) is 7.79. The quantitative estimate of drug-likeness (QED) is 0.882. The molecular weight excluding hydrogens is 322 g/mol. The number of ether oxygens (including phenoxy) is 1. The summed E-state index contributed by atoms with van der Waals surface area (Å²) in [4.78, 5) is 8.57. The molecule has 1 unspecified atom stereocenters. The molecule has 0 amide bonds. The fraction of sp³-hybridized carbons (Fsp3) is 0.714. The van der Waals surface area contributed by atoms with Gasteiger partial charge in [-0.25, -0.2) is 4.98 Å². The monoisotopic (exact) mass is 343 g/mol. The molecule has 0 bridgehead atoms. The van der Waals surface area contributed by atoms with Gasteiger partial charge in [-0.3, -0.25) is 0 Å². The van der Waals surface area contributed by atoms with E-state index in [1.54, 1.807) is 6.20 Å². The van der Waals surface area contributed by atoms with Gasteiger partial charge >= 0.3 is 6.01 Å². The molecule has 1 aliphatic rings. The van der Waals surface area contributed by atoms with E-state index in [1.807, 2.05) is 20.8 Å². The minimum absolute atomic E-state index is 0.216. The van der Waals surface area contributed by atoms with Gasteiger partial charge in [-0.15, -0.1) is 0 Å². The van der Waals surface area contributed by atoms with Gasteiger partial charge in [0.05, 0.1) is 16.8 Å². The number of hydrogen-bond acceptors (Lipinski definition) is 5. The fourth-order valence-corrected chi connectivity index (χ4v) is 2.57. The van der Waals surface area contributed by atoms with Crippen LogP contribution in [-0.4, -0.2) is 32.8 Å². The predicted octanol–water partition coefficient (Wildman–Crippen LogP) is 3.13. The van der Waals surface area contributed by atoms with Crippen LogP contribution >= 0.6 is 15.9 Å². The lowest BCUT2D eigenvalue weighted by atomic mass is 9.93. The summed E-state index contributed by atoms with van der Waals surface area (Å²) in [5.41, 5.74) is -0.327. The summed E-state index contributed by atoms with van der Waals surface area (Å²) in [6, 6.07) is 0.604. The molecule has 0 aromatic carbocycles. The first-order chi connectivity index (χ1) is 9.33. The van der Waals surface area contributed by atoms with Crippen LogP contribution in [0, 0.1) is 0 Å². The van der Waals surface area contributed by atoms with Crippen molar-refractivity contribution in [2.24, 2.45) is 0 Å². The van der Waals surface area contributed by atoms with Crippen molar-refractivity contribution in [2.45, 2.75) is 64.2 Å². The maximum Gasteiger partial charge on any atom is 0.318 e. The number of rotatable bonds is 3. The SMILES string of the molecule is CC(C)(C)Oc1ncc(Br)c(NC2CCC[C@H](O)C2)n1. The van der Waals surface area contributed by atoms with Gasteiger partial charge in [0.1, 0.15) is 11.4 Å². The summed E-state index contributed by atoms with van der Waals surface area (Å²) >= 11 is 3.45. The van der Waals surface area contributed by atoms with Crippen molar-refractivity contribution in [2.75, 3.05) is 5.32 Å². The molecule has 1 fully saturated rings. The van der Waals surface area contributed by atoms with Crippen LogP contribution in [0.2, 0.25) is 0 Å². The molecule has 0 radical (unpaired) electrons. The Balaban J connectivity index is 2.08. The van der Waals surface area contributed by atoms with E-state index in [2.05, 4.69) is 31.2 Å². The number of aliphatic hydroxyl groups excluding tert-OH is 1. The third-order valence-corrected chi connectivity index (χ3v) is 3.69. The molecule has 1 heterocycles. The zero-order chi connectivity index (χ0) is 14.8. The maximum absolute atomic E-state index is 9.73. The minimum Gasteiger partial charge on any atom is -0.458 e. The zero-order valence-electron chi connectivity index (χ0n) is 12.2. The molecule has 112 valence electrons. The highest BCUT2D eigenvalue weighted by atomic mass is 79.9. The second-order valence-electron chi connectivity index (χ2n) is 6.23. The molecule has 5 nitrogen and oxygen atoms in total. The smallest absolute Gasteiger partial charge is 0.318 e. The van der Waals surface area contributed by atoms with Crippen molar-refractivity contribution in [3.05, 3.63) is 10.7 Å². The standard InChI is InChI=1S/C14H22BrN3O2/c1-14(2,3)20-13-16-8-11(15)12(18-13)17-9-5-4-6-10(19)7-9/h8-10,19H,4-7H2,1-3H3,(H,16,17,18)/t9?,10-/m0/s1. The highest BCUT2D eigenvalue weighted by molar-refractivity contribution is 9.10. The average Bonchev–Trinajstić information content (AvgIpc) is 2.32. The predicted molar refractivity (Wildman–Crippen MR) is 82.0 cm³/mol. The van der Waals surface area contributed by atoms with E-state index >= 15 is 0 Å². The highest BCUT2D eigenvalue weighted by Gasteiger charge is 2.22. The van der Waals surface area contributed by atoms with Crippen molar-refractivity contribution in [3.63, 3.8) is 0 Å². The summed E-state index contributed by atoms with van der Waals surface area (Å²) in [7, 11) is 0. The van der Waals surface area contributed by atoms with Gasteiger partial charge in [0, 0.05) is 6.04 Å². The second-order valence-corrected chi connectivity index (χ2v) is 7.08. The Kier molecular flexibility index (Phi) is 4.86. The fourth-order valence-electron chi connectivity index (χ4n) is 2.26. The molecule has 0 aliphatic heterocycles. The first kappa shape index (κ1) is 15.5. The van der Waals surface area contributed by atoms with Crippen LogP contribution in [0.3, 0.4) is 0 Å². The van der Waals surface area contributed by atoms with Crippen molar-refractivity contribution >= 4 is 21.7 Å². The lowest BCUT2D eigenvalue weighted by molar-refractivity contribution is 0.116. The van der Waals surface area contributed by atoms with E-state index in [9.17, 15) is 5.11 Å². The Labute approximate surface area is 128 Å². The summed E-state index contributed by atoms with van der Waals surface area (Å²) < 4.78 is 6.48. The van der Waals surface area contributed by atoms with Crippen LogP contribution in [0.1, 0.15) is 46.5 Å². The molecule has 1 saturated carbocycles. The van der Waals surface area contributed by atoms with E-state index in [-0.39, 0.29) is 17.7 Å². The van der Waals surface area contributed by atoms with Gasteiger partial charge in [0.2, 0.25) is 0 Å². The molecule has 2 rings (SSSR count). The van der Waals surface area contributed by atoms with Gasteiger partial charge in [0.25, 0.3) is 0 Å².